The van der Waals surface area contributed by atoms with Crippen molar-refractivity contribution in [3.05, 3.63) is 42.0 Å². The van der Waals surface area contributed by atoms with Crippen LogP contribution in [0.5, 0.6) is 0 Å². The van der Waals surface area contributed by atoms with Gasteiger partial charge in [-0.25, -0.2) is 4.79 Å². The number of amides is 1. The third-order valence-electron chi connectivity index (χ3n) is 3.00. The molecule has 1 aromatic rings. The van der Waals surface area contributed by atoms with E-state index in [-0.39, 0.29) is 5.91 Å². The van der Waals surface area contributed by atoms with Gasteiger partial charge in [0.25, 0.3) is 5.91 Å². The highest BCUT2D eigenvalue weighted by atomic mass is 16.6. The van der Waals surface area contributed by atoms with Crippen LogP contribution in [-0.4, -0.2) is 18.9 Å². The van der Waals surface area contributed by atoms with Crippen LogP contribution in [0.2, 0.25) is 0 Å². The molecule has 3 rings (SSSR count). The van der Waals surface area contributed by atoms with Crippen LogP contribution in [0.15, 0.2) is 36.4 Å². The molecule has 1 atom stereocenters. The normalized spacial score (nSPS) is 26.4. The third kappa shape index (κ3) is 0.888. The Hall–Kier alpha value is -2.10. The Kier molecular flexibility index (Phi) is 1.56. The highest BCUT2D eigenvalue weighted by molar-refractivity contribution is 6.11. The first-order valence-corrected chi connectivity index (χ1v) is 4.95. The highest BCUT2D eigenvalue weighted by Crippen LogP contribution is 2.44. The van der Waals surface area contributed by atoms with Crippen molar-refractivity contribution >= 4 is 17.6 Å². The predicted molar refractivity (Wildman–Crippen MR) is 56.8 cm³/mol. The molecule has 0 bridgehead atoms. The summed E-state index contributed by atoms with van der Waals surface area (Å²) in [4.78, 5) is 24.8. The molecule has 0 saturated carbocycles. The standard InChI is InChI=1S/C12H9NO3/c1-13-9-5-3-2-4-8(9)12(11(13)15)7-6-10(14)16-12/h2-7H,1H3. The Morgan fingerprint density at radius 2 is 2.00 bits per heavy atom. The molecule has 0 radical (unpaired) electrons. The van der Waals surface area contributed by atoms with E-state index in [9.17, 15) is 9.59 Å². The van der Waals surface area contributed by atoms with Gasteiger partial charge in [-0.3, -0.25) is 4.79 Å². The maximum absolute atomic E-state index is 12.1. The largest absolute Gasteiger partial charge is 0.436 e. The van der Waals surface area contributed by atoms with Crippen LogP contribution < -0.4 is 4.90 Å². The van der Waals surface area contributed by atoms with Crippen LogP contribution in [0, 0.1) is 0 Å². The van der Waals surface area contributed by atoms with Crippen molar-refractivity contribution < 1.29 is 14.3 Å². The number of fused-ring (bicyclic) bond motifs is 2. The van der Waals surface area contributed by atoms with Gasteiger partial charge in [-0.1, -0.05) is 18.2 Å². The lowest BCUT2D eigenvalue weighted by atomic mass is 9.96. The molecule has 80 valence electrons. The predicted octanol–water partition coefficient (Wildman–Crippen LogP) is 0.971. The molecule has 2 aliphatic rings. The Morgan fingerprint density at radius 1 is 1.25 bits per heavy atom. The van der Waals surface area contributed by atoms with Crippen molar-refractivity contribution in [1.82, 2.24) is 0 Å². The smallest absolute Gasteiger partial charge is 0.332 e. The molecule has 1 unspecified atom stereocenters. The molecular weight excluding hydrogens is 206 g/mol. The molecule has 2 heterocycles. The summed E-state index contributed by atoms with van der Waals surface area (Å²) < 4.78 is 5.18. The van der Waals surface area contributed by atoms with Gasteiger partial charge in [-0.2, -0.15) is 0 Å². The minimum atomic E-state index is -1.22. The second kappa shape index (κ2) is 2.72. The minimum absolute atomic E-state index is 0.226. The van der Waals surface area contributed by atoms with Crippen LogP contribution >= 0.6 is 0 Å². The monoisotopic (exact) mass is 215 g/mol. The van der Waals surface area contributed by atoms with Crippen LogP contribution in [0.3, 0.4) is 0 Å². The SMILES string of the molecule is CN1C(=O)C2(C=CC(=O)O2)c2ccccc21. The van der Waals surface area contributed by atoms with Crippen LogP contribution in [0.1, 0.15) is 5.56 Å². The summed E-state index contributed by atoms with van der Waals surface area (Å²) >= 11 is 0. The molecule has 2 aliphatic heterocycles. The lowest BCUT2D eigenvalue weighted by Crippen LogP contribution is -2.38. The van der Waals surface area contributed by atoms with Gasteiger partial charge in [0.1, 0.15) is 0 Å². The summed E-state index contributed by atoms with van der Waals surface area (Å²) in [6, 6.07) is 7.32. The van der Waals surface area contributed by atoms with E-state index >= 15 is 0 Å². The number of rotatable bonds is 0. The summed E-state index contributed by atoms with van der Waals surface area (Å²) in [5, 5.41) is 0. The molecule has 16 heavy (non-hydrogen) atoms. The fraction of sp³-hybridized carbons (Fsp3) is 0.167. The number of ether oxygens (including phenoxy) is 1. The molecule has 0 fully saturated rings. The van der Waals surface area contributed by atoms with E-state index < -0.39 is 11.6 Å². The molecule has 0 aromatic heterocycles. The van der Waals surface area contributed by atoms with E-state index in [2.05, 4.69) is 0 Å². The summed E-state index contributed by atoms with van der Waals surface area (Å²) in [5.74, 6) is -0.700. The number of anilines is 1. The molecule has 4 nitrogen and oxygen atoms in total. The lowest BCUT2D eigenvalue weighted by Gasteiger charge is -2.19. The zero-order valence-corrected chi connectivity index (χ0v) is 8.64. The zero-order valence-electron chi connectivity index (χ0n) is 8.64. The average molecular weight is 215 g/mol. The third-order valence-corrected chi connectivity index (χ3v) is 3.00. The summed E-state index contributed by atoms with van der Waals surface area (Å²) in [5.41, 5.74) is 0.291. The van der Waals surface area contributed by atoms with Gasteiger partial charge < -0.3 is 9.64 Å². The van der Waals surface area contributed by atoms with Crippen molar-refractivity contribution in [2.75, 3.05) is 11.9 Å². The zero-order chi connectivity index (χ0) is 11.3. The number of benzene rings is 1. The van der Waals surface area contributed by atoms with E-state index in [1.54, 1.807) is 13.1 Å². The van der Waals surface area contributed by atoms with Gasteiger partial charge in [0.2, 0.25) is 5.60 Å². The van der Waals surface area contributed by atoms with Crippen molar-refractivity contribution in [2.24, 2.45) is 0 Å². The molecular formula is C12H9NO3. The Morgan fingerprint density at radius 3 is 2.69 bits per heavy atom. The number of carbonyl (C=O) groups is 2. The average Bonchev–Trinajstić information content (AvgIpc) is 2.78. The first kappa shape index (κ1) is 9.15. The fourth-order valence-electron chi connectivity index (χ4n) is 2.23. The van der Waals surface area contributed by atoms with Crippen LogP contribution in [0.4, 0.5) is 5.69 Å². The number of hydrogen-bond donors (Lipinski definition) is 0. The highest BCUT2D eigenvalue weighted by Gasteiger charge is 2.53. The van der Waals surface area contributed by atoms with Crippen LogP contribution in [-0.2, 0) is 19.9 Å². The molecule has 4 heteroatoms. The van der Waals surface area contributed by atoms with E-state index in [4.69, 9.17) is 4.74 Å². The molecule has 0 saturated heterocycles. The maximum atomic E-state index is 12.1. The quantitative estimate of drug-likeness (QED) is 0.606. The summed E-state index contributed by atoms with van der Waals surface area (Å²) in [6.07, 6.45) is 2.83. The van der Waals surface area contributed by atoms with Crippen molar-refractivity contribution in [3.63, 3.8) is 0 Å². The minimum Gasteiger partial charge on any atom is -0.436 e. The second-order valence-corrected chi connectivity index (χ2v) is 3.87. The van der Waals surface area contributed by atoms with Crippen molar-refractivity contribution in [3.8, 4) is 0 Å². The Labute approximate surface area is 92.1 Å². The van der Waals surface area contributed by atoms with Gasteiger partial charge in [0, 0.05) is 18.7 Å². The molecule has 0 N–H and O–H groups in total. The topological polar surface area (TPSA) is 46.6 Å². The van der Waals surface area contributed by atoms with Gasteiger partial charge in [-0.15, -0.1) is 0 Å². The van der Waals surface area contributed by atoms with Crippen molar-refractivity contribution in [2.45, 2.75) is 5.60 Å². The second-order valence-electron chi connectivity index (χ2n) is 3.87. The number of likely N-dealkylation sites (N-methyl/N-ethyl adjacent to an activating group) is 1. The van der Waals surface area contributed by atoms with Crippen molar-refractivity contribution in [1.29, 1.82) is 0 Å². The molecule has 1 spiro atoms. The summed E-state index contributed by atoms with van der Waals surface area (Å²) in [7, 11) is 1.68. The summed E-state index contributed by atoms with van der Waals surface area (Å²) in [6.45, 7) is 0. The number of nitrogens with zero attached hydrogens (tertiary/aromatic N) is 1. The van der Waals surface area contributed by atoms with E-state index in [1.165, 1.54) is 17.1 Å². The number of para-hydroxylation sites is 1. The number of esters is 1. The Balaban J connectivity index is 2.26. The Bertz CT molecular complexity index is 535. The lowest BCUT2D eigenvalue weighted by molar-refractivity contribution is -0.154. The fourth-order valence-corrected chi connectivity index (χ4v) is 2.23. The molecule has 1 amide bonds. The molecule has 1 aromatic carbocycles. The van der Waals surface area contributed by atoms with Gasteiger partial charge >= 0.3 is 5.97 Å². The number of carbonyl (C=O) groups excluding carboxylic acids is 2. The van der Waals surface area contributed by atoms with Gasteiger partial charge in [0.15, 0.2) is 0 Å². The van der Waals surface area contributed by atoms with E-state index in [1.807, 2.05) is 18.2 Å². The van der Waals surface area contributed by atoms with Gasteiger partial charge in [-0.05, 0) is 12.1 Å². The first-order valence-electron chi connectivity index (χ1n) is 4.95. The van der Waals surface area contributed by atoms with E-state index in [0.717, 1.165) is 11.3 Å². The van der Waals surface area contributed by atoms with E-state index in [0.29, 0.717) is 0 Å². The van der Waals surface area contributed by atoms with Gasteiger partial charge in [0.05, 0.1) is 5.69 Å². The molecule has 0 aliphatic carbocycles. The maximum Gasteiger partial charge on any atom is 0.332 e. The van der Waals surface area contributed by atoms with Crippen LogP contribution in [0.25, 0.3) is 0 Å². The number of hydrogen-bond acceptors (Lipinski definition) is 3. The first-order chi connectivity index (χ1) is 7.65.